The number of ether oxygens (including phenoxy) is 1. The molecule has 0 amide bonds. The Morgan fingerprint density at radius 2 is 2.17 bits per heavy atom. The molecule has 2 aliphatic rings. The second-order valence-electron chi connectivity index (χ2n) is 8.49. The molecule has 0 saturated heterocycles. The fraction of sp³-hybridized carbons (Fsp3) is 0.652. The summed E-state index contributed by atoms with van der Waals surface area (Å²) in [5.74, 6) is 0.853. The lowest BCUT2D eigenvalue weighted by Crippen LogP contribution is -2.50. The standard InChI is InChI=1S/C23H35N3O3/c1-4-25(16-17-27)23(3,28)13-15-26-14-12-22(2,24-26)19-8-7-11-21(18-19)29-20-9-5-6-10-20/h11-12,14,18,20,24,27-28H,4-6,9-10,13,15-17H2,1-3H3. The van der Waals surface area contributed by atoms with Gasteiger partial charge in [0.05, 0.1) is 18.2 Å². The minimum atomic E-state index is -0.971. The fourth-order valence-electron chi connectivity index (χ4n) is 4.19. The summed E-state index contributed by atoms with van der Waals surface area (Å²) in [6.45, 7) is 7.72. The monoisotopic (exact) mass is 401 g/mol. The SMILES string of the molecule is CCN(CCO)C(C)(O)CCN1C=CC(C)(c2c#ccc(OC3CCCC3)c2)N1. The summed E-state index contributed by atoms with van der Waals surface area (Å²) >= 11 is 0. The van der Waals surface area contributed by atoms with Gasteiger partial charge >= 0.3 is 0 Å². The molecule has 1 aliphatic carbocycles. The Balaban J connectivity index is 1.58. The number of nitrogens with one attached hydrogen (secondary N) is 1. The van der Waals surface area contributed by atoms with Crippen LogP contribution in [0.1, 0.15) is 58.4 Å². The highest BCUT2D eigenvalue weighted by atomic mass is 16.5. The number of hydrogen-bond acceptors (Lipinski definition) is 6. The van der Waals surface area contributed by atoms with E-state index in [4.69, 9.17) is 4.74 Å². The summed E-state index contributed by atoms with van der Waals surface area (Å²) in [7, 11) is 0. The first kappa shape index (κ1) is 21.9. The molecular weight excluding hydrogens is 366 g/mol. The summed E-state index contributed by atoms with van der Waals surface area (Å²) in [4.78, 5) is 1.89. The molecule has 6 nitrogen and oxygen atoms in total. The van der Waals surface area contributed by atoms with Gasteiger partial charge in [-0.15, -0.1) is 0 Å². The Morgan fingerprint density at radius 1 is 1.41 bits per heavy atom. The molecule has 1 heterocycles. The number of aliphatic hydroxyl groups is 2. The predicted octanol–water partition coefficient (Wildman–Crippen LogP) is 2.57. The average molecular weight is 402 g/mol. The van der Waals surface area contributed by atoms with Crippen molar-refractivity contribution in [2.75, 3.05) is 26.2 Å². The van der Waals surface area contributed by atoms with Crippen LogP contribution in [0.5, 0.6) is 5.75 Å². The zero-order valence-corrected chi connectivity index (χ0v) is 17.9. The number of rotatable bonds is 10. The van der Waals surface area contributed by atoms with Gasteiger partial charge in [0.25, 0.3) is 0 Å². The Hall–Kier alpha value is -1.78. The van der Waals surface area contributed by atoms with Crippen molar-refractivity contribution in [2.24, 2.45) is 0 Å². The number of aliphatic hydroxyl groups excluding tert-OH is 1. The first-order chi connectivity index (χ1) is 13.9. The highest BCUT2D eigenvalue weighted by Crippen LogP contribution is 2.30. The lowest BCUT2D eigenvalue weighted by Gasteiger charge is -2.37. The van der Waals surface area contributed by atoms with Crippen LogP contribution in [0.25, 0.3) is 0 Å². The maximum absolute atomic E-state index is 10.8. The molecule has 160 valence electrons. The first-order valence-electron chi connectivity index (χ1n) is 10.8. The van der Waals surface area contributed by atoms with Crippen LogP contribution in [0.4, 0.5) is 0 Å². The lowest BCUT2D eigenvalue weighted by molar-refractivity contribution is -0.105. The molecule has 2 unspecified atom stereocenters. The Bertz CT molecular complexity index is 688. The van der Waals surface area contributed by atoms with Gasteiger partial charge in [-0.05, 0) is 58.2 Å². The number of hydrazine groups is 1. The molecular formula is C23H35N3O3. The van der Waals surface area contributed by atoms with Crippen LogP contribution in [0.3, 0.4) is 0 Å². The largest absolute Gasteiger partial charge is 0.490 e. The third-order valence-electron chi connectivity index (χ3n) is 6.10. The van der Waals surface area contributed by atoms with Gasteiger partial charge in [0.1, 0.15) is 11.5 Å². The minimum Gasteiger partial charge on any atom is -0.490 e. The van der Waals surface area contributed by atoms with E-state index in [1.165, 1.54) is 12.8 Å². The molecule has 0 bridgehead atoms. The third kappa shape index (κ3) is 5.43. The van der Waals surface area contributed by atoms with Crippen LogP contribution >= 0.6 is 0 Å². The zero-order chi connectivity index (χ0) is 20.9. The van der Waals surface area contributed by atoms with Gasteiger partial charge in [-0.1, -0.05) is 19.1 Å². The normalized spacial score (nSPS) is 24.1. The van der Waals surface area contributed by atoms with E-state index in [0.29, 0.717) is 32.2 Å². The van der Waals surface area contributed by atoms with Crippen molar-refractivity contribution >= 4 is 0 Å². The van der Waals surface area contributed by atoms with Crippen molar-refractivity contribution in [3.8, 4) is 5.75 Å². The quantitative estimate of drug-likeness (QED) is 0.524. The molecule has 6 heteroatoms. The number of hydrogen-bond donors (Lipinski definition) is 3. The molecule has 3 rings (SSSR count). The highest BCUT2D eigenvalue weighted by Gasteiger charge is 2.33. The van der Waals surface area contributed by atoms with Gasteiger partial charge in [-0.2, -0.15) is 0 Å². The maximum Gasteiger partial charge on any atom is 0.129 e. The van der Waals surface area contributed by atoms with Crippen LogP contribution in [-0.4, -0.2) is 58.2 Å². The number of likely N-dealkylation sites (N-methyl/N-ethyl adjacent to an activating group) is 1. The van der Waals surface area contributed by atoms with Crippen molar-refractivity contribution in [2.45, 2.75) is 70.2 Å². The Morgan fingerprint density at radius 3 is 2.86 bits per heavy atom. The van der Waals surface area contributed by atoms with E-state index in [-0.39, 0.29) is 6.61 Å². The highest BCUT2D eigenvalue weighted by molar-refractivity contribution is 5.33. The molecule has 1 aromatic carbocycles. The fourth-order valence-corrected chi connectivity index (χ4v) is 4.19. The van der Waals surface area contributed by atoms with Crippen LogP contribution in [0.2, 0.25) is 0 Å². The van der Waals surface area contributed by atoms with Crippen LogP contribution in [0, 0.1) is 12.1 Å². The second-order valence-corrected chi connectivity index (χ2v) is 8.49. The van der Waals surface area contributed by atoms with E-state index in [9.17, 15) is 10.2 Å². The van der Waals surface area contributed by atoms with Crippen molar-refractivity contribution in [1.82, 2.24) is 15.3 Å². The average Bonchev–Trinajstić information content (AvgIpc) is 3.35. The lowest BCUT2D eigenvalue weighted by atomic mass is 9.95. The minimum absolute atomic E-state index is 0.0372. The van der Waals surface area contributed by atoms with E-state index in [1.54, 1.807) is 6.92 Å². The molecule has 0 aromatic heterocycles. The smallest absolute Gasteiger partial charge is 0.129 e. The zero-order valence-electron chi connectivity index (χ0n) is 17.9. The van der Waals surface area contributed by atoms with Gasteiger partial charge in [-0.25, -0.2) is 5.43 Å². The Kier molecular flexibility index (Phi) is 7.07. The third-order valence-corrected chi connectivity index (χ3v) is 6.10. The summed E-state index contributed by atoms with van der Waals surface area (Å²) in [6, 6.07) is 10.2. The molecule has 3 N–H and O–H groups in total. The molecule has 1 saturated carbocycles. The predicted molar refractivity (Wildman–Crippen MR) is 113 cm³/mol. The second kappa shape index (κ2) is 9.36. The molecule has 1 fully saturated rings. The first-order valence-corrected chi connectivity index (χ1v) is 10.8. The molecule has 0 spiro atoms. The van der Waals surface area contributed by atoms with E-state index < -0.39 is 11.3 Å². The van der Waals surface area contributed by atoms with Crippen LogP contribution in [-0.2, 0) is 5.54 Å². The summed E-state index contributed by atoms with van der Waals surface area (Å²) < 4.78 is 6.13. The van der Waals surface area contributed by atoms with Crippen molar-refractivity contribution in [3.63, 3.8) is 0 Å². The molecule has 2 atom stereocenters. The van der Waals surface area contributed by atoms with E-state index in [1.807, 2.05) is 35.2 Å². The van der Waals surface area contributed by atoms with Crippen molar-refractivity contribution in [1.29, 1.82) is 0 Å². The topological polar surface area (TPSA) is 68.2 Å². The maximum atomic E-state index is 10.8. The molecule has 1 aliphatic heterocycles. The van der Waals surface area contributed by atoms with E-state index >= 15 is 0 Å². The van der Waals surface area contributed by atoms with Crippen molar-refractivity contribution in [3.05, 3.63) is 42.1 Å². The summed E-state index contributed by atoms with van der Waals surface area (Å²) in [6.07, 6.45) is 9.73. The van der Waals surface area contributed by atoms with E-state index in [0.717, 1.165) is 24.2 Å². The van der Waals surface area contributed by atoms with Gasteiger partial charge in [-0.3, -0.25) is 4.90 Å². The molecule has 29 heavy (non-hydrogen) atoms. The Labute approximate surface area is 175 Å². The van der Waals surface area contributed by atoms with Gasteiger partial charge in [0.2, 0.25) is 0 Å². The van der Waals surface area contributed by atoms with E-state index in [2.05, 4.69) is 30.6 Å². The van der Waals surface area contributed by atoms with Crippen LogP contribution in [0.15, 0.2) is 24.4 Å². The van der Waals surface area contributed by atoms with Crippen LogP contribution < -0.4 is 10.2 Å². The molecule has 0 radical (unpaired) electrons. The van der Waals surface area contributed by atoms with Crippen molar-refractivity contribution < 1.29 is 14.9 Å². The summed E-state index contributed by atoms with van der Waals surface area (Å²) in [5.41, 5.74) is 3.12. The van der Waals surface area contributed by atoms with Gasteiger partial charge in [0, 0.05) is 37.3 Å². The number of nitrogens with zero attached hydrogens (tertiary/aromatic N) is 2. The van der Waals surface area contributed by atoms with Gasteiger partial charge < -0.3 is 20.0 Å². The van der Waals surface area contributed by atoms with Gasteiger partial charge in [0.15, 0.2) is 0 Å². The molecule has 1 aromatic rings. The summed E-state index contributed by atoms with van der Waals surface area (Å²) in [5, 5.41) is 22.0.